The van der Waals surface area contributed by atoms with Gasteiger partial charge in [-0.25, -0.2) is 8.42 Å². The van der Waals surface area contributed by atoms with Gasteiger partial charge in [0.05, 0.1) is 4.90 Å². The molecule has 2 rings (SSSR count). The average molecular weight is 439 g/mol. The lowest BCUT2D eigenvalue weighted by atomic mass is 10.0. The molecule has 6 heteroatoms. The minimum absolute atomic E-state index is 0. The van der Waals surface area contributed by atoms with E-state index in [1.165, 1.54) is 18.4 Å². The fraction of sp³-hybridized carbons (Fsp3) is 0.478. The maximum atomic E-state index is 12.6. The summed E-state index contributed by atoms with van der Waals surface area (Å²) in [4.78, 5) is 2.77. The summed E-state index contributed by atoms with van der Waals surface area (Å²) < 4.78 is 27.9. The van der Waals surface area contributed by atoms with E-state index in [-0.39, 0.29) is 17.3 Å². The van der Waals surface area contributed by atoms with E-state index in [1.807, 2.05) is 36.4 Å². The van der Waals surface area contributed by atoms with Crippen molar-refractivity contribution in [3.8, 4) is 0 Å². The maximum absolute atomic E-state index is 12.6. The van der Waals surface area contributed by atoms with Crippen LogP contribution in [0.3, 0.4) is 0 Å². The SMILES string of the molecule is CCCN(CCC)CCc1ccc(NS(=O)(=O)c2ccc(C(C)C)cc2)cc1.Cl. The zero-order valence-corrected chi connectivity index (χ0v) is 19.7. The summed E-state index contributed by atoms with van der Waals surface area (Å²) in [5.41, 5.74) is 2.94. The summed E-state index contributed by atoms with van der Waals surface area (Å²) >= 11 is 0. The molecule has 2 aromatic rings. The summed E-state index contributed by atoms with van der Waals surface area (Å²) in [5.74, 6) is 0.378. The third-order valence-electron chi connectivity index (χ3n) is 4.86. The van der Waals surface area contributed by atoms with Crippen molar-refractivity contribution in [1.82, 2.24) is 4.90 Å². The average Bonchev–Trinajstić information content (AvgIpc) is 2.67. The highest BCUT2D eigenvalue weighted by Crippen LogP contribution is 2.20. The van der Waals surface area contributed by atoms with Crippen LogP contribution in [0, 0.1) is 0 Å². The first-order valence-corrected chi connectivity index (χ1v) is 11.8. The van der Waals surface area contributed by atoms with Gasteiger partial charge in [0.15, 0.2) is 0 Å². The number of sulfonamides is 1. The largest absolute Gasteiger partial charge is 0.303 e. The molecular formula is C23H35ClN2O2S. The quantitative estimate of drug-likeness (QED) is 0.489. The van der Waals surface area contributed by atoms with Gasteiger partial charge < -0.3 is 4.90 Å². The number of halogens is 1. The topological polar surface area (TPSA) is 49.4 Å². The van der Waals surface area contributed by atoms with Gasteiger partial charge in [-0.05, 0) is 73.7 Å². The van der Waals surface area contributed by atoms with Gasteiger partial charge in [0.2, 0.25) is 0 Å². The van der Waals surface area contributed by atoms with Gasteiger partial charge in [0.1, 0.15) is 0 Å². The fourth-order valence-electron chi connectivity index (χ4n) is 3.24. The van der Waals surface area contributed by atoms with Crippen LogP contribution >= 0.6 is 12.4 Å². The summed E-state index contributed by atoms with van der Waals surface area (Å²) in [5, 5.41) is 0. The Kier molecular flexibility index (Phi) is 10.7. The van der Waals surface area contributed by atoms with Gasteiger partial charge in [0, 0.05) is 12.2 Å². The lowest BCUT2D eigenvalue weighted by Crippen LogP contribution is -2.27. The molecule has 0 atom stereocenters. The number of rotatable bonds is 11. The number of nitrogens with one attached hydrogen (secondary N) is 1. The van der Waals surface area contributed by atoms with Crippen LogP contribution in [0.4, 0.5) is 5.69 Å². The van der Waals surface area contributed by atoms with E-state index in [9.17, 15) is 8.42 Å². The lowest BCUT2D eigenvalue weighted by molar-refractivity contribution is 0.278. The molecule has 0 aromatic heterocycles. The van der Waals surface area contributed by atoms with E-state index in [2.05, 4.69) is 37.3 Å². The van der Waals surface area contributed by atoms with Gasteiger partial charge in [-0.3, -0.25) is 4.72 Å². The molecule has 0 saturated heterocycles. The molecular weight excluding hydrogens is 404 g/mol. The Morgan fingerprint density at radius 2 is 1.41 bits per heavy atom. The molecule has 2 aromatic carbocycles. The lowest BCUT2D eigenvalue weighted by Gasteiger charge is -2.20. The third kappa shape index (κ3) is 8.00. The summed E-state index contributed by atoms with van der Waals surface area (Å²) in [7, 11) is -3.57. The summed E-state index contributed by atoms with van der Waals surface area (Å²) in [6, 6.07) is 14.8. The van der Waals surface area contributed by atoms with E-state index in [1.54, 1.807) is 12.1 Å². The minimum Gasteiger partial charge on any atom is -0.303 e. The van der Waals surface area contributed by atoms with Crippen LogP contribution in [0.25, 0.3) is 0 Å². The molecule has 0 aliphatic rings. The van der Waals surface area contributed by atoms with Gasteiger partial charge in [0.25, 0.3) is 10.0 Å². The number of nitrogens with zero attached hydrogens (tertiary/aromatic N) is 1. The number of hydrogen-bond donors (Lipinski definition) is 1. The molecule has 0 bridgehead atoms. The van der Waals surface area contributed by atoms with Crippen molar-refractivity contribution in [1.29, 1.82) is 0 Å². The zero-order chi connectivity index (χ0) is 20.6. The Morgan fingerprint density at radius 1 is 0.862 bits per heavy atom. The van der Waals surface area contributed by atoms with Crippen LogP contribution < -0.4 is 4.72 Å². The minimum atomic E-state index is -3.57. The second-order valence-electron chi connectivity index (χ2n) is 7.62. The summed E-state index contributed by atoms with van der Waals surface area (Å²) in [6.07, 6.45) is 3.31. The van der Waals surface area contributed by atoms with Crippen LogP contribution in [0.1, 0.15) is 57.6 Å². The van der Waals surface area contributed by atoms with Gasteiger partial charge >= 0.3 is 0 Å². The Balaban J connectivity index is 0.00000420. The van der Waals surface area contributed by atoms with Crippen LogP contribution in [0.15, 0.2) is 53.4 Å². The molecule has 0 fully saturated rings. The van der Waals surface area contributed by atoms with Crippen molar-refractivity contribution >= 4 is 28.1 Å². The third-order valence-corrected chi connectivity index (χ3v) is 6.26. The Hall–Kier alpha value is -1.56. The van der Waals surface area contributed by atoms with Gasteiger partial charge in [-0.1, -0.05) is 52.0 Å². The first-order valence-electron chi connectivity index (χ1n) is 10.3. The zero-order valence-electron chi connectivity index (χ0n) is 18.0. The van der Waals surface area contributed by atoms with Gasteiger partial charge in [-0.2, -0.15) is 0 Å². The van der Waals surface area contributed by atoms with E-state index in [0.29, 0.717) is 11.6 Å². The predicted molar refractivity (Wildman–Crippen MR) is 126 cm³/mol. The first-order chi connectivity index (χ1) is 13.4. The highest BCUT2D eigenvalue weighted by Gasteiger charge is 2.14. The Labute approximate surface area is 183 Å². The predicted octanol–water partition coefficient (Wildman–Crippen LogP) is 5.70. The standard InChI is InChI=1S/C23H34N2O2S.ClH/c1-5-16-25(17-6-2)18-15-20-7-11-22(12-8-20)24-28(26,27)23-13-9-21(10-14-23)19(3)4;/h7-14,19,24H,5-6,15-18H2,1-4H3;1H. The molecule has 0 spiro atoms. The molecule has 0 unspecified atom stereocenters. The number of benzene rings is 2. The van der Waals surface area contributed by atoms with Crippen molar-refractivity contribution < 1.29 is 8.42 Å². The second-order valence-corrected chi connectivity index (χ2v) is 9.30. The smallest absolute Gasteiger partial charge is 0.261 e. The number of hydrogen-bond acceptors (Lipinski definition) is 3. The Morgan fingerprint density at radius 3 is 1.90 bits per heavy atom. The van der Waals surface area contributed by atoms with E-state index in [0.717, 1.165) is 31.6 Å². The molecule has 0 heterocycles. The van der Waals surface area contributed by atoms with Crippen molar-refractivity contribution in [2.45, 2.75) is 57.8 Å². The normalized spacial score (nSPS) is 11.5. The monoisotopic (exact) mass is 438 g/mol. The maximum Gasteiger partial charge on any atom is 0.261 e. The molecule has 0 aliphatic carbocycles. The molecule has 4 nitrogen and oxygen atoms in total. The van der Waals surface area contributed by atoms with Crippen molar-refractivity contribution in [2.75, 3.05) is 24.4 Å². The van der Waals surface area contributed by atoms with Crippen molar-refractivity contribution in [3.05, 3.63) is 59.7 Å². The van der Waals surface area contributed by atoms with Crippen LogP contribution in [0.2, 0.25) is 0 Å². The molecule has 1 N–H and O–H groups in total. The summed E-state index contributed by atoms with van der Waals surface area (Å²) in [6.45, 7) is 11.9. The molecule has 0 aliphatic heterocycles. The van der Waals surface area contributed by atoms with E-state index in [4.69, 9.17) is 0 Å². The van der Waals surface area contributed by atoms with Crippen LogP contribution in [0.5, 0.6) is 0 Å². The molecule has 162 valence electrons. The Bertz CT molecular complexity index is 813. The highest BCUT2D eigenvalue weighted by molar-refractivity contribution is 7.92. The van der Waals surface area contributed by atoms with Crippen molar-refractivity contribution in [3.63, 3.8) is 0 Å². The molecule has 0 saturated carbocycles. The first kappa shape index (κ1) is 25.5. The van der Waals surface area contributed by atoms with E-state index < -0.39 is 10.0 Å². The van der Waals surface area contributed by atoms with E-state index >= 15 is 0 Å². The van der Waals surface area contributed by atoms with Gasteiger partial charge in [-0.15, -0.1) is 12.4 Å². The molecule has 0 amide bonds. The fourth-order valence-corrected chi connectivity index (χ4v) is 4.30. The highest BCUT2D eigenvalue weighted by atomic mass is 35.5. The van der Waals surface area contributed by atoms with Crippen molar-refractivity contribution in [2.24, 2.45) is 0 Å². The second kappa shape index (κ2) is 12.2. The number of anilines is 1. The molecule has 29 heavy (non-hydrogen) atoms. The van der Waals surface area contributed by atoms with Crippen LogP contribution in [-0.4, -0.2) is 33.0 Å². The van der Waals surface area contributed by atoms with Crippen LogP contribution in [-0.2, 0) is 16.4 Å². The molecule has 0 radical (unpaired) electrons.